The van der Waals surface area contributed by atoms with Crippen molar-refractivity contribution in [3.8, 4) is 0 Å². The summed E-state index contributed by atoms with van der Waals surface area (Å²) in [6, 6.07) is 15.2. The number of benzene rings is 2. The van der Waals surface area contributed by atoms with Crippen LogP contribution in [0.2, 0.25) is 0 Å². The van der Waals surface area contributed by atoms with Crippen molar-refractivity contribution in [2.45, 2.75) is 20.3 Å². The van der Waals surface area contributed by atoms with Gasteiger partial charge >= 0.3 is 0 Å². The van der Waals surface area contributed by atoms with E-state index in [0.717, 1.165) is 11.1 Å². The topological polar surface area (TPSA) is 46.2 Å². The maximum Gasteiger partial charge on any atom is 0.251 e. The number of hydrogen-bond donors (Lipinski definition) is 1. The third-order valence-electron chi connectivity index (χ3n) is 3.36. The molecular weight excluding hydrogens is 262 g/mol. The van der Waals surface area contributed by atoms with Crippen molar-refractivity contribution in [3.63, 3.8) is 0 Å². The molecule has 0 aliphatic carbocycles. The Morgan fingerprint density at radius 3 is 2.29 bits per heavy atom. The van der Waals surface area contributed by atoms with Crippen molar-refractivity contribution in [2.75, 3.05) is 6.54 Å². The number of Topliss-reactive ketones (excluding diaryl/α,β-unsaturated/α-hetero) is 1. The molecule has 0 bridgehead atoms. The average molecular weight is 281 g/mol. The molecular formula is C18H19NO2. The molecule has 3 nitrogen and oxygen atoms in total. The fraction of sp³-hybridized carbons (Fsp3) is 0.222. The molecule has 21 heavy (non-hydrogen) atoms. The summed E-state index contributed by atoms with van der Waals surface area (Å²) in [6.07, 6.45) is 0.342. The zero-order chi connectivity index (χ0) is 15.2. The fourth-order valence-electron chi connectivity index (χ4n) is 2.10. The predicted octanol–water partition coefficient (Wildman–Crippen LogP) is 2.85. The van der Waals surface area contributed by atoms with E-state index in [2.05, 4.69) is 5.32 Å². The minimum absolute atomic E-state index is 0.000729. The van der Waals surface area contributed by atoms with Gasteiger partial charge in [-0.15, -0.1) is 0 Å². The fourth-order valence-corrected chi connectivity index (χ4v) is 2.10. The van der Waals surface area contributed by atoms with E-state index in [1.54, 1.807) is 6.07 Å². The van der Waals surface area contributed by atoms with Gasteiger partial charge in [-0.3, -0.25) is 9.59 Å². The quantitative estimate of drug-likeness (QED) is 0.916. The molecule has 0 atom stereocenters. The van der Waals surface area contributed by atoms with E-state index in [9.17, 15) is 9.59 Å². The molecule has 0 aliphatic heterocycles. The molecule has 1 N–H and O–H groups in total. The Morgan fingerprint density at radius 2 is 1.62 bits per heavy atom. The second-order valence-corrected chi connectivity index (χ2v) is 5.20. The van der Waals surface area contributed by atoms with Crippen molar-refractivity contribution in [2.24, 2.45) is 0 Å². The van der Waals surface area contributed by atoms with E-state index in [4.69, 9.17) is 0 Å². The van der Waals surface area contributed by atoms with Gasteiger partial charge in [0.25, 0.3) is 5.91 Å². The molecule has 0 saturated carbocycles. The van der Waals surface area contributed by atoms with Gasteiger partial charge in [0.15, 0.2) is 5.78 Å². The Hall–Kier alpha value is -2.42. The Labute approximate surface area is 125 Å². The number of hydrogen-bond acceptors (Lipinski definition) is 2. The number of amides is 1. The highest BCUT2D eigenvalue weighted by atomic mass is 16.2. The zero-order valence-electron chi connectivity index (χ0n) is 12.3. The Kier molecular flexibility index (Phi) is 4.88. The maximum atomic E-state index is 12.0. The first kappa shape index (κ1) is 15.0. The van der Waals surface area contributed by atoms with E-state index in [1.807, 2.05) is 56.3 Å². The van der Waals surface area contributed by atoms with Crippen LogP contribution < -0.4 is 5.32 Å². The first-order chi connectivity index (χ1) is 10.1. The summed E-state index contributed by atoms with van der Waals surface area (Å²) < 4.78 is 0. The molecule has 108 valence electrons. The molecule has 3 heteroatoms. The van der Waals surface area contributed by atoms with Crippen molar-refractivity contribution < 1.29 is 9.59 Å². The van der Waals surface area contributed by atoms with E-state index in [-0.39, 0.29) is 18.2 Å². The third kappa shape index (κ3) is 4.28. The van der Waals surface area contributed by atoms with Gasteiger partial charge in [0.2, 0.25) is 0 Å². The highest BCUT2D eigenvalue weighted by molar-refractivity contribution is 5.98. The highest BCUT2D eigenvalue weighted by Gasteiger charge is 2.10. The van der Waals surface area contributed by atoms with Gasteiger partial charge in [-0.1, -0.05) is 48.0 Å². The Balaban J connectivity index is 1.88. The number of nitrogens with one attached hydrogen (secondary N) is 1. The summed E-state index contributed by atoms with van der Waals surface area (Å²) in [5.41, 5.74) is 3.65. The normalized spacial score (nSPS) is 10.2. The first-order valence-electron chi connectivity index (χ1n) is 6.97. The second-order valence-electron chi connectivity index (χ2n) is 5.20. The molecule has 2 rings (SSSR count). The lowest BCUT2D eigenvalue weighted by molar-refractivity contribution is -0.117. The molecule has 0 unspecified atom stereocenters. The van der Waals surface area contributed by atoms with Crippen molar-refractivity contribution in [3.05, 3.63) is 70.8 Å². The molecule has 0 radical (unpaired) electrons. The molecule has 1 amide bonds. The van der Waals surface area contributed by atoms with E-state index in [1.165, 1.54) is 5.56 Å². The van der Waals surface area contributed by atoms with Crippen LogP contribution in [0, 0.1) is 13.8 Å². The molecule has 0 heterocycles. The Morgan fingerprint density at radius 1 is 0.952 bits per heavy atom. The standard InChI is InChI=1S/C18H19NO2/c1-13-7-9-15(10-8-13)11-16(20)12-19-18(21)17-6-4-3-5-14(17)2/h3-10H,11-12H2,1-2H3,(H,19,21). The van der Waals surface area contributed by atoms with E-state index in [0.29, 0.717) is 12.0 Å². The number of carbonyl (C=O) groups is 2. The van der Waals surface area contributed by atoms with E-state index < -0.39 is 0 Å². The van der Waals surface area contributed by atoms with Crippen LogP contribution >= 0.6 is 0 Å². The zero-order valence-corrected chi connectivity index (χ0v) is 12.3. The molecule has 0 aliphatic rings. The largest absolute Gasteiger partial charge is 0.345 e. The molecule has 0 aromatic heterocycles. The van der Waals surface area contributed by atoms with Crippen LogP contribution in [0.25, 0.3) is 0 Å². The Bertz CT molecular complexity index is 645. The summed E-state index contributed by atoms with van der Waals surface area (Å²) in [7, 11) is 0. The van der Waals surface area contributed by atoms with Gasteiger partial charge < -0.3 is 5.32 Å². The van der Waals surface area contributed by atoms with Crippen LogP contribution in [0.1, 0.15) is 27.0 Å². The van der Waals surface area contributed by atoms with E-state index >= 15 is 0 Å². The van der Waals surface area contributed by atoms with Gasteiger partial charge in [0, 0.05) is 12.0 Å². The van der Waals surface area contributed by atoms with Crippen LogP contribution in [0.15, 0.2) is 48.5 Å². The summed E-state index contributed by atoms with van der Waals surface area (Å²) in [5, 5.41) is 2.68. The lowest BCUT2D eigenvalue weighted by Crippen LogP contribution is -2.30. The smallest absolute Gasteiger partial charge is 0.251 e. The van der Waals surface area contributed by atoms with Gasteiger partial charge in [0.1, 0.15) is 0 Å². The molecule has 0 fully saturated rings. The van der Waals surface area contributed by atoms with Gasteiger partial charge in [-0.05, 0) is 31.0 Å². The summed E-state index contributed by atoms with van der Waals surface area (Å²) in [4.78, 5) is 23.9. The SMILES string of the molecule is Cc1ccc(CC(=O)CNC(=O)c2ccccc2C)cc1. The van der Waals surface area contributed by atoms with Gasteiger partial charge in [-0.2, -0.15) is 0 Å². The summed E-state index contributed by atoms with van der Waals surface area (Å²) >= 11 is 0. The lowest BCUT2D eigenvalue weighted by Gasteiger charge is -2.07. The third-order valence-corrected chi connectivity index (χ3v) is 3.36. The van der Waals surface area contributed by atoms with Crippen molar-refractivity contribution in [1.29, 1.82) is 0 Å². The molecule has 2 aromatic carbocycles. The molecule has 0 saturated heterocycles. The van der Waals surface area contributed by atoms with Crippen LogP contribution in [0.3, 0.4) is 0 Å². The van der Waals surface area contributed by atoms with Gasteiger partial charge in [0.05, 0.1) is 6.54 Å². The van der Waals surface area contributed by atoms with Crippen molar-refractivity contribution in [1.82, 2.24) is 5.32 Å². The first-order valence-corrected chi connectivity index (χ1v) is 6.97. The summed E-state index contributed by atoms with van der Waals surface area (Å²) in [6.45, 7) is 3.94. The van der Waals surface area contributed by atoms with Gasteiger partial charge in [-0.25, -0.2) is 0 Å². The van der Waals surface area contributed by atoms with Crippen LogP contribution in [0.4, 0.5) is 0 Å². The number of ketones is 1. The van der Waals surface area contributed by atoms with Crippen molar-refractivity contribution >= 4 is 11.7 Å². The second kappa shape index (κ2) is 6.84. The highest BCUT2D eigenvalue weighted by Crippen LogP contribution is 2.07. The minimum atomic E-state index is -0.203. The number of aryl methyl sites for hydroxylation is 2. The lowest BCUT2D eigenvalue weighted by atomic mass is 10.1. The minimum Gasteiger partial charge on any atom is -0.345 e. The number of carbonyl (C=O) groups excluding carboxylic acids is 2. The predicted molar refractivity (Wildman–Crippen MR) is 83.4 cm³/mol. The summed E-state index contributed by atoms with van der Waals surface area (Å²) in [5.74, 6) is -0.203. The maximum absolute atomic E-state index is 12.0. The van der Waals surface area contributed by atoms with Crippen LogP contribution in [0.5, 0.6) is 0 Å². The van der Waals surface area contributed by atoms with Crippen LogP contribution in [-0.2, 0) is 11.2 Å². The molecule has 2 aromatic rings. The number of rotatable bonds is 5. The average Bonchev–Trinajstić information content (AvgIpc) is 2.48. The monoisotopic (exact) mass is 281 g/mol. The molecule has 0 spiro atoms. The van der Waals surface area contributed by atoms with Crippen LogP contribution in [-0.4, -0.2) is 18.2 Å².